The van der Waals surface area contributed by atoms with Crippen molar-refractivity contribution in [1.82, 2.24) is 4.98 Å². The molecule has 2 heterocycles. The summed E-state index contributed by atoms with van der Waals surface area (Å²) in [6.07, 6.45) is 4.60. The molecule has 0 unspecified atom stereocenters. The molecule has 0 N–H and O–H groups in total. The third kappa shape index (κ3) is 2.39. The van der Waals surface area contributed by atoms with E-state index >= 15 is 0 Å². The molecule has 0 saturated heterocycles. The van der Waals surface area contributed by atoms with Crippen LogP contribution in [0.4, 0.5) is 5.69 Å². The standard InChI is InChI=1S/C15H12Cl2N2O/c16-12-3-1-2-11(15(12)17)8-14(20)19-7-5-10-4-6-18-9-13(10)19/h1-4,6,9H,5,7-8H2. The van der Waals surface area contributed by atoms with Gasteiger partial charge in [-0.15, -0.1) is 0 Å². The van der Waals surface area contributed by atoms with E-state index in [1.807, 2.05) is 12.1 Å². The number of hydrogen-bond donors (Lipinski definition) is 0. The maximum atomic E-state index is 12.4. The number of hydrogen-bond acceptors (Lipinski definition) is 2. The molecule has 1 aromatic carbocycles. The van der Waals surface area contributed by atoms with E-state index in [0.717, 1.165) is 23.2 Å². The summed E-state index contributed by atoms with van der Waals surface area (Å²) in [6, 6.07) is 7.30. The summed E-state index contributed by atoms with van der Waals surface area (Å²) >= 11 is 12.1. The number of amides is 1. The maximum absolute atomic E-state index is 12.4. The lowest BCUT2D eigenvalue weighted by atomic mass is 10.1. The van der Waals surface area contributed by atoms with Crippen molar-refractivity contribution in [3.63, 3.8) is 0 Å². The minimum absolute atomic E-state index is 0.0147. The first-order chi connectivity index (χ1) is 9.66. The molecule has 1 amide bonds. The zero-order valence-corrected chi connectivity index (χ0v) is 12.2. The first-order valence-corrected chi connectivity index (χ1v) is 7.08. The van der Waals surface area contributed by atoms with Gasteiger partial charge in [-0.25, -0.2) is 0 Å². The summed E-state index contributed by atoms with van der Waals surface area (Å²) in [5.41, 5.74) is 2.81. The molecule has 3 nitrogen and oxygen atoms in total. The van der Waals surface area contributed by atoms with E-state index < -0.39 is 0 Å². The van der Waals surface area contributed by atoms with E-state index in [9.17, 15) is 4.79 Å². The second kappa shape index (κ2) is 5.43. The molecule has 1 aliphatic rings. The number of carbonyl (C=O) groups excluding carboxylic acids is 1. The van der Waals surface area contributed by atoms with Gasteiger partial charge in [-0.05, 0) is 29.7 Å². The molecular weight excluding hydrogens is 295 g/mol. The summed E-state index contributed by atoms with van der Waals surface area (Å²) in [5, 5.41) is 0.925. The van der Waals surface area contributed by atoms with Crippen LogP contribution in [-0.2, 0) is 17.6 Å². The van der Waals surface area contributed by atoms with Gasteiger partial charge in [-0.1, -0.05) is 35.3 Å². The van der Waals surface area contributed by atoms with E-state index in [1.54, 1.807) is 29.4 Å². The highest BCUT2D eigenvalue weighted by Gasteiger charge is 2.25. The third-order valence-electron chi connectivity index (χ3n) is 3.46. The SMILES string of the molecule is O=C(Cc1cccc(Cl)c1Cl)N1CCc2ccncc21. The Hall–Kier alpha value is -1.58. The fraction of sp³-hybridized carbons (Fsp3) is 0.200. The average Bonchev–Trinajstić information content (AvgIpc) is 2.88. The number of benzene rings is 1. The first kappa shape index (κ1) is 13.4. The molecule has 102 valence electrons. The van der Waals surface area contributed by atoms with Crippen LogP contribution in [0, 0.1) is 0 Å². The smallest absolute Gasteiger partial charge is 0.231 e. The molecule has 1 aliphatic heterocycles. The predicted octanol–water partition coefficient (Wildman–Crippen LogP) is 3.52. The van der Waals surface area contributed by atoms with Gasteiger partial charge in [0.05, 0.1) is 28.4 Å². The lowest BCUT2D eigenvalue weighted by Crippen LogP contribution is -2.30. The summed E-state index contributed by atoms with van der Waals surface area (Å²) in [6.45, 7) is 0.693. The van der Waals surface area contributed by atoms with Crippen molar-refractivity contribution < 1.29 is 4.79 Å². The van der Waals surface area contributed by atoms with Crippen LogP contribution in [0.2, 0.25) is 10.0 Å². The highest BCUT2D eigenvalue weighted by Crippen LogP contribution is 2.29. The van der Waals surface area contributed by atoms with E-state index in [-0.39, 0.29) is 12.3 Å². The van der Waals surface area contributed by atoms with Crippen LogP contribution in [0.1, 0.15) is 11.1 Å². The zero-order chi connectivity index (χ0) is 14.1. The Bertz CT molecular complexity index is 673. The number of nitrogens with zero attached hydrogens (tertiary/aromatic N) is 2. The fourth-order valence-corrected chi connectivity index (χ4v) is 2.81. The summed E-state index contributed by atoms with van der Waals surface area (Å²) in [7, 11) is 0. The lowest BCUT2D eigenvalue weighted by Gasteiger charge is -2.17. The van der Waals surface area contributed by atoms with Crippen LogP contribution in [0.5, 0.6) is 0 Å². The Morgan fingerprint density at radius 2 is 2.15 bits per heavy atom. The Labute approximate surface area is 127 Å². The van der Waals surface area contributed by atoms with Gasteiger partial charge in [0, 0.05) is 12.7 Å². The van der Waals surface area contributed by atoms with Gasteiger partial charge in [-0.2, -0.15) is 0 Å². The largest absolute Gasteiger partial charge is 0.310 e. The third-order valence-corrected chi connectivity index (χ3v) is 4.32. The van der Waals surface area contributed by atoms with Crippen molar-refractivity contribution in [2.45, 2.75) is 12.8 Å². The molecule has 0 spiro atoms. The van der Waals surface area contributed by atoms with Crippen molar-refractivity contribution >= 4 is 34.8 Å². The number of fused-ring (bicyclic) bond motifs is 1. The Kier molecular flexibility index (Phi) is 3.64. The van der Waals surface area contributed by atoms with Gasteiger partial charge in [0.15, 0.2) is 0 Å². The number of aromatic nitrogens is 1. The number of halogens is 2. The van der Waals surface area contributed by atoms with Crippen LogP contribution in [0.25, 0.3) is 0 Å². The first-order valence-electron chi connectivity index (χ1n) is 6.33. The molecule has 0 bridgehead atoms. The monoisotopic (exact) mass is 306 g/mol. The van der Waals surface area contributed by atoms with E-state index in [1.165, 1.54) is 0 Å². The van der Waals surface area contributed by atoms with Gasteiger partial charge in [0.2, 0.25) is 5.91 Å². The molecule has 20 heavy (non-hydrogen) atoms. The molecule has 2 aromatic rings. The Balaban J connectivity index is 1.83. The van der Waals surface area contributed by atoms with Crippen molar-refractivity contribution in [3.05, 3.63) is 57.8 Å². The highest BCUT2D eigenvalue weighted by molar-refractivity contribution is 6.42. The highest BCUT2D eigenvalue weighted by atomic mass is 35.5. The van der Waals surface area contributed by atoms with Crippen LogP contribution >= 0.6 is 23.2 Å². The minimum atomic E-state index is 0.0147. The molecule has 1 aromatic heterocycles. The topological polar surface area (TPSA) is 33.2 Å². The normalized spacial score (nSPS) is 13.4. The molecule has 3 rings (SSSR count). The zero-order valence-electron chi connectivity index (χ0n) is 10.6. The molecule has 0 radical (unpaired) electrons. The quantitative estimate of drug-likeness (QED) is 0.850. The molecule has 0 fully saturated rings. The summed E-state index contributed by atoms with van der Waals surface area (Å²) in [4.78, 5) is 18.3. The molecule has 0 saturated carbocycles. The van der Waals surface area contributed by atoms with Crippen LogP contribution in [0.3, 0.4) is 0 Å². The van der Waals surface area contributed by atoms with Gasteiger partial charge >= 0.3 is 0 Å². The van der Waals surface area contributed by atoms with Gasteiger partial charge in [0.1, 0.15) is 0 Å². The summed E-state index contributed by atoms with van der Waals surface area (Å²) in [5.74, 6) is 0.0147. The number of rotatable bonds is 2. The van der Waals surface area contributed by atoms with Gasteiger partial charge < -0.3 is 4.90 Å². The van der Waals surface area contributed by atoms with E-state index in [0.29, 0.717) is 16.6 Å². The van der Waals surface area contributed by atoms with Crippen molar-refractivity contribution in [2.75, 3.05) is 11.4 Å². The second-order valence-electron chi connectivity index (χ2n) is 4.69. The number of pyridine rings is 1. The van der Waals surface area contributed by atoms with Gasteiger partial charge in [-0.3, -0.25) is 9.78 Å². The van der Waals surface area contributed by atoms with Crippen LogP contribution < -0.4 is 4.90 Å². The van der Waals surface area contributed by atoms with Crippen LogP contribution in [-0.4, -0.2) is 17.4 Å². The second-order valence-corrected chi connectivity index (χ2v) is 5.47. The molecule has 5 heteroatoms. The summed E-state index contributed by atoms with van der Waals surface area (Å²) < 4.78 is 0. The molecular formula is C15H12Cl2N2O. The van der Waals surface area contributed by atoms with Crippen molar-refractivity contribution in [1.29, 1.82) is 0 Å². The van der Waals surface area contributed by atoms with E-state index in [2.05, 4.69) is 4.98 Å². The molecule has 0 atom stereocenters. The van der Waals surface area contributed by atoms with Crippen LogP contribution in [0.15, 0.2) is 36.7 Å². The van der Waals surface area contributed by atoms with E-state index in [4.69, 9.17) is 23.2 Å². The molecule has 0 aliphatic carbocycles. The Morgan fingerprint density at radius 1 is 1.30 bits per heavy atom. The van der Waals surface area contributed by atoms with Crippen molar-refractivity contribution in [3.8, 4) is 0 Å². The van der Waals surface area contributed by atoms with Crippen molar-refractivity contribution in [2.24, 2.45) is 0 Å². The number of anilines is 1. The van der Waals surface area contributed by atoms with Gasteiger partial charge in [0.25, 0.3) is 0 Å². The lowest BCUT2D eigenvalue weighted by molar-refractivity contribution is -0.117. The Morgan fingerprint density at radius 3 is 3.00 bits per heavy atom. The minimum Gasteiger partial charge on any atom is -0.310 e. The number of carbonyl (C=O) groups is 1. The maximum Gasteiger partial charge on any atom is 0.231 e. The predicted molar refractivity (Wildman–Crippen MR) is 80.5 cm³/mol. The average molecular weight is 307 g/mol. The fourth-order valence-electron chi connectivity index (χ4n) is 2.42.